The van der Waals surface area contributed by atoms with Crippen LogP contribution in [0.15, 0.2) is 48.5 Å². The predicted molar refractivity (Wildman–Crippen MR) is 127 cm³/mol. The molecular formula is C25H28FN3O5S. The van der Waals surface area contributed by atoms with Crippen LogP contribution in [-0.2, 0) is 16.3 Å². The smallest absolute Gasteiger partial charge is 0.407 e. The highest BCUT2D eigenvalue weighted by atomic mass is 32.2. The molecule has 6 rings (SSSR count). The maximum atomic E-state index is 13.6. The zero-order chi connectivity index (χ0) is 25.0. The number of sulfone groups is 1. The molecule has 1 atom stereocenters. The number of rotatable bonds is 6. The van der Waals surface area contributed by atoms with Gasteiger partial charge >= 0.3 is 12.1 Å². The fourth-order valence-corrected chi connectivity index (χ4v) is 6.55. The summed E-state index contributed by atoms with van der Waals surface area (Å²) < 4.78 is 36.7. The van der Waals surface area contributed by atoms with E-state index in [9.17, 15) is 27.5 Å². The zero-order valence-electron chi connectivity index (χ0n) is 19.4. The van der Waals surface area contributed by atoms with Crippen LogP contribution in [0, 0.1) is 5.82 Å². The molecule has 0 spiro atoms. The van der Waals surface area contributed by atoms with Gasteiger partial charge in [0, 0.05) is 24.9 Å². The van der Waals surface area contributed by atoms with Gasteiger partial charge in [-0.1, -0.05) is 36.4 Å². The number of amides is 3. The van der Waals surface area contributed by atoms with E-state index in [1.54, 1.807) is 17.0 Å². The Labute approximate surface area is 203 Å². The first-order valence-corrected chi connectivity index (χ1v) is 13.7. The highest BCUT2D eigenvalue weighted by molar-refractivity contribution is 7.90. The van der Waals surface area contributed by atoms with E-state index in [-0.39, 0.29) is 30.2 Å². The Kier molecular flexibility index (Phi) is 5.54. The average molecular weight is 502 g/mol. The molecule has 1 aliphatic heterocycles. The molecule has 2 aromatic carbocycles. The van der Waals surface area contributed by atoms with Crippen molar-refractivity contribution in [1.29, 1.82) is 0 Å². The third-order valence-corrected chi connectivity index (χ3v) is 8.52. The van der Waals surface area contributed by atoms with E-state index >= 15 is 0 Å². The molecule has 0 radical (unpaired) electrons. The number of carboxylic acid groups (broad SMARTS) is 1. The number of nitrogens with zero attached hydrogens (tertiary/aromatic N) is 2. The molecule has 35 heavy (non-hydrogen) atoms. The molecule has 8 nitrogen and oxygen atoms in total. The largest absolute Gasteiger partial charge is 0.465 e. The summed E-state index contributed by atoms with van der Waals surface area (Å²) in [6, 6.07) is 13.5. The van der Waals surface area contributed by atoms with Crippen molar-refractivity contribution in [2.24, 2.45) is 0 Å². The van der Waals surface area contributed by atoms with E-state index in [0.717, 1.165) is 22.9 Å². The summed E-state index contributed by atoms with van der Waals surface area (Å²) >= 11 is 0. The van der Waals surface area contributed by atoms with Crippen molar-refractivity contribution in [1.82, 2.24) is 15.1 Å². The molecule has 3 aliphatic carbocycles. The molecular weight excluding hydrogens is 473 g/mol. The molecule has 3 saturated carbocycles. The maximum Gasteiger partial charge on any atom is 0.407 e. The van der Waals surface area contributed by atoms with Gasteiger partial charge in [0.25, 0.3) is 0 Å². The van der Waals surface area contributed by atoms with Gasteiger partial charge < -0.3 is 20.2 Å². The lowest BCUT2D eigenvalue weighted by Gasteiger charge is -2.73. The number of benzene rings is 2. The first kappa shape index (κ1) is 23.6. The molecule has 2 aromatic rings. The third-order valence-electron chi connectivity index (χ3n) is 7.59. The van der Waals surface area contributed by atoms with Crippen molar-refractivity contribution in [3.8, 4) is 0 Å². The van der Waals surface area contributed by atoms with Crippen molar-refractivity contribution in [2.45, 2.75) is 42.8 Å². The highest BCUT2D eigenvalue weighted by Crippen LogP contribution is 2.63. The van der Waals surface area contributed by atoms with Crippen molar-refractivity contribution in [3.63, 3.8) is 0 Å². The Bertz CT molecular complexity index is 1260. The molecule has 186 valence electrons. The summed E-state index contributed by atoms with van der Waals surface area (Å²) in [5.41, 5.74) is 1.88. The zero-order valence-corrected chi connectivity index (χ0v) is 20.2. The highest BCUT2D eigenvalue weighted by Gasteiger charge is 2.72. The second kappa shape index (κ2) is 8.22. The lowest BCUT2D eigenvalue weighted by Crippen LogP contribution is -2.84. The summed E-state index contributed by atoms with van der Waals surface area (Å²) in [6.07, 6.45) is 2.05. The van der Waals surface area contributed by atoms with Crippen LogP contribution in [0.4, 0.5) is 14.0 Å². The van der Waals surface area contributed by atoms with Gasteiger partial charge in [-0.3, -0.25) is 0 Å². The summed E-state index contributed by atoms with van der Waals surface area (Å²) in [4.78, 5) is 28.3. The molecule has 1 heterocycles. The van der Waals surface area contributed by atoms with Crippen LogP contribution in [0.1, 0.15) is 42.0 Å². The van der Waals surface area contributed by atoms with Gasteiger partial charge in [-0.05, 0) is 54.5 Å². The number of fused-ring (bicyclic) bond motifs is 1. The fourth-order valence-electron chi connectivity index (χ4n) is 6.03. The quantitative estimate of drug-likeness (QED) is 0.632. The molecule has 2 bridgehead atoms. The van der Waals surface area contributed by atoms with Gasteiger partial charge in [0.2, 0.25) is 0 Å². The number of hydrogen-bond donors (Lipinski definition) is 2. The van der Waals surface area contributed by atoms with Crippen molar-refractivity contribution in [3.05, 3.63) is 71.0 Å². The SMILES string of the molecule is CS(=O)(=O)CCN(C(=O)O)C12CC(NC(=O)N3CCc4ccccc4C3c3ccc(F)cc3)(C1)C2. The Morgan fingerprint density at radius 2 is 1.80 bits per heavy atom. The monoisotopic (exact) mass is 501 g/mol. The van der Waals surface area contributed by atoms with E-state index in [0.29, 0.717) is 32.2 Å². The topological polar surface area (TPSA) is 107 Å². The Balaban J connectivity index is 1.31. The Morgan fingerprint density at radius 1 is 1.14 bits per heavy atom. The molecule has 1 unspecified atom stereocenters. The van der Waals surface area contributed by atoms with E-state index in [1.807, 2.05) is 24.3 Å². The van der Waals surface area contributed by atoms with Crippen LogP contribution in [0.2, 0.25) is 0 Å². The average Bonchev–Trinajstić information content (AvgIpc) is 2.75. The molecule has 3 fully saturated rings. The molecule has 2 N–H and O–H groups in total. The lowest BCUT2D eigenvalue weighted by atomic mass is 9.43. The third kappa shape index (κ3) is 4.24. The standard InChI is InChI=1S/C25H28FN3O5S/c1-35(33,34)13-12-29(23(31)32)25-14-24(15-25,16-25)27-22(30)28-11-10-17-4-2-3-5-20(17)21(28)18-6-8-19(26)9-7-18/h2-9,21H,10-16H2,1H3,(H,27,30)(H,31,32). The Morgan fingerprint density at radius 3 is 2.43 bits per heavy atom. The first-order chi connectivity index (χ1) is 16.5. The number of urea groups is 1. The molecule has 4 aliphatic rings. The van der Waals surface area contributed by atoms with E-state index < -0.39 is 27.0 Å². The second-order valence-corrected chi connectivity index (χ2v) is 12.4. The van der Waals surface area contributed by atoms with E-state index in [1.165, 1.54) is 17.0 Å². The summed E-state index contributed by atoms with van der Waals surface area (Å²) in [5.74, 6) is -0.570. The number of nitrogens with one attached hydrogen (secondary N) is 1. The van der Waals surface area contributed by atoms with Crippen LogP contribution in [0.25, 0.3) is 0 Å². The van der Waals surface area contributed by atoms with Gasteiger partial charge in [-0.2, -0.15) is 0 Å². The van der Waals surface area contributed by atoms with E-state index in [2.05, 4.69) is 5.32 Å². The van der Waals surface area contributed by atoms with Crippen LogP contribution in [0.3, 0.4) is 0 Å². The van der Waals surface area contributed by atoms with Crippen LogP contribution in [0.5, 0.6) is 0 Å². The van der Waals surface area contributed by atoms with Crippen LogP contribution >= 0.6 is 0 Å². The van der Waals surface area contributed by atoms with Gasteiger partial charge in [-0.15, -0.1) is 0 Å². The van der Waals surface area contributed by atoms with E-state index in [4.69, 9.17) is 0 Å². The lowest BCUT2D eigenvalue weighted by molar-refractivity contribution is -0.158. The van der Waals surface area contributed by atoms with Crippen LogP contribution in [-0.4, -0.2) is 71.6 Å². The van der Waals surface area contributed by atoms with Gasteiger partial charge in [0.15, 0.2) is 0 Å². The summed E-state index contributed by atoms with van der Waals surface area (Å²) in [7, 11) is -3.29. The van der Waals surface area contributed by atoms with Crippen molar-refractivity contribution < 1.29 is 27.5 Å². The number of hydrogen-bond acceptors (Lipinski definition) is 4. The first-order valence-electron chi connectivity index (χ1n) is 11.6. The van der Waals surface area contributed by atoms with Crippen molar-refractivity contribution >= 4 is 22.0 Å². The minimum absolute atomic E-state index is 0.0757. The predicted octanol–water partition coefficient (Wildman–Crippen LogP) is 3.18. The molecule has 0 saturated heterocycles. The maximum absolute atomic E-state index is 13.6. The number of halogens is 1. The second-order valence-electron chi connectivity index (χ2n) is 10.1. The van der Waals surface area contributed by atoms with Gasteiger partial charge in [-0.25, -0.2) is 22.4 Å². The number of carbonyl (C=O) groups is 2. The molecule has 3 amide bonds. The summed E-state index contributed by atoms with van der Waals surface area (Å²) in [6.45, 7) is 0.426. The normalized spacial score (nSPS) is 26.7. The molecule has 10 heteroatoms. The fraction of sp³-hybridized carbons (Fsp3) is 0.440. The molecule has 0 aromatic heterocycles. The summed E-state index contributed by atoms with van der Waals surface area (Å²) in [5, 5.41) is 12.8. The Hall–Kier alpha value is -3.14. The van der Waals surface area contributed by atoms with Gasteiger partial charge in [0.1, 0.15) is 15.7 Å². The minimum Gasteiger partial charge on any atom is -0.465 e. The van der Waals surface area contributed by atoms with Gasteiger partial charge in [0.05, 0.1) is 17.3 Å². The van der Waals surface area contributed by atoms with Crippen molar-refractivity contribution in [2.75, 3.05) is 25.1 Å². The van der Waals surface area contributed by atoms with Crippen LogP contribution < -0.4 is 5.32 Å². The number of carbonyl (C=O) groups excluding carboxylic acids is 1. The minimum atomic E-state index is -3.29.